The summed E-state index contributed by atoms with van der Waals surface area (Å²) in [5, 5.41) is 19.9. The van der Waals surface area contributed by atoms with E-state index >= 15 is 0 Å². The second-order valence-corrected chi connectivity index (χ2v) is 8.68. The number of hydrogen-bond acceptors (Lipinski definition) is 5. The summed E-state index contributed by atoms with van der Waals surface area (Å²) in [4.78, 5) is 8.96. The number of H-pyrrole nitrogens is 1. The molecular weight excluding hydrogens is 470 g/mol. The van der Waals surface area contributed by atoms with Gasteiger partial charge in [0.15, 0.2) is 0 Å². The first-order chi connectivity index (χ1) is 18.3. The van der Waals surface area contributed by atoms with E-state index in [2.05, 4.69) is 69.4 Å². The molecule has 1 unspecified atom stereocenters. The van der Waals surface area contributed by atoms with Gasteiger partial charge in [-0.05, 0) is 75.4 Å². The first kappa shape index (κ1) is 32.2. The maximum atomic E-state index is 8.61. The molecule has 204 valence electrons. The number of nitrogens with one attached hydrogen (secondary N) is 1. The molecule has 0 amide bonds. The summed E-state index contributed by atoms with van der Waals surface area (Å²) in [5.74, 6) is 0.460. The van der Waals surface area contributed by atoms with E-state index in [1.165, 1.54) is 5.56 Å². The van der Waals surface area contributed by atoms with Crippen LogP contribution in [-0.4, -0.2) is 29.9 Å². The van der Waals surface area contributed by atoms with E-state index in [1.54, 1.807) is 0 Å². The summed E-state index contributed by atoms with van der Waals surface area (Å²) in [6.07, 6.45) is 7.26. The lowest BCUT2D eigenvalue weighted by molar-refractivity contribution is 0.628. The first-order valence-electron chi connectivity index (χ1n) is 13.6. The van der Waals surface area contributed by atoms with Gasteiger partial charge in [0.2, 0.25) is 0 Å². The molecule has 0 aliphatic carbocycles. The van der Waals surface area contributed by atoms with Crippen LogP contribution in [0.25, 0.3) is 22.3 Å². The predicted molar refractivity (Wildman–Crippen MR) is 158 cm³/mol. The number of aromatic nitrogens is 6. The van der Waals surface area contributed by atoms with E-state index in [0.29, 0.717) is 18.9 Å². The molecule has 38 heavy (non-hydrogen) atoms. The molecule has 0 fully saturated rings. The number of aromatic amines is 1. The Hall–Kier alpha value is -3.79. The second kappa shape index (κ2) is 16.9. The van der Waals surface area contributed by atoms with E-state index in [4.69, 9.17) is 5.26 Å². The molecule has 0 aliphatic heterocycles. The Balaban J connectivity index is 0.000000351. The van der Waals surface area contributed by atoms with Crippen LogP contribution in [0.15, 0.2) is 42.9 Å². The number of nitriles is 1. The zero-order valence-electron chi connectivity index (χ0n) is 24.9. The van der Waals surface area contributed by atoms with Gasteiger partial charge in [-0.2, -0.15) is 15.5 Å². The Morgan fingerprint density at radius 2 is 1.47 bits per heavy atom. The van der Waals surface area contributed by atoms with Gasteiger partial charge in [0.05, 0.1) is 31.4 Å². The molecule has 7 heteroatoms. The highest BCUT2D eigenvalue weighted by Crippen LogP contribution is 2.25. The zero-order chi connectivity index (χ0) is 28.7. The molecule has 4 aromatic rings. The number of pyridine rings is 2. The minimum atomic E-state index is 0.460. The van der Waals surface area contributed by atoms with Crippen LogP contribution in [0.2, 0.25) is 0 Å². The van der Waals surface area contributed by atoms with Gasteiger partial charge in [0.25, 0.3) is 0 Å². The minimum absolute atomic E-state index is 0.460. The molecule has 1 atom stereocenters. The van der Waals surface area contributed by atoms with Gasteiger partial charge in [0, 0.05) is 45.8 Å². The van der Waals surface area contributed by atoms with Crippen LogP contribution in [-0.2, 0) is 6.54 Å². The molecular formula is C31H45N7. The minimum Gasteiger partial charge on any atom is -0.282 e. The smallest absolute Gasteiger partial charge is 0.0641 e. The largest absolute Gasteiger partial charge is 0.282 e. The fraction of sp³-hybridized carbons (Fsp3) is 0.452. The lowest BCUT2D eigenvalue weighted by atomic mass is 10.0. The number of nitrogens with zero attached hydrogens (tertiary/aromatic N) is 6. The third-order valence-electron chi connectivity index (χ3n) is 5.73. The molecule has 0 bridgehead atoms. The van der Waals surface area contributed by atoms with Crippen molar-refractivity contribution in [2.24, 2.45) is 0 Å². The molecule has 0 saturated heterocycles. The first-order valence-corrected chi connectivity index (χ1v) is 13.6. The van der Waals surface area contributed by atoms with Crippen LogP contribution in [0, 0.1) is 39.0 Å². The van der Waals surface area contributed by atoms with E-state index in [9.17, 15) is 0 Å². The maximum absolute atomic E-state index is 8.61. The average molecular weight is 516 g/mol. The van der Waals surface area contributed by atoms with Crippen molar-refractivity contribution in [1.29, 1.82) is 5.26 Å². The highest BCUT2D eigenvalue weighted by Gasteiger charge is 2.10. The zero-order valence-corrected chi connectivity index (χ0v) is 24.9. The van der Waals surface area contributed by atoms with Crippen molar-refractivity contribution in [2.45, 2.75) is 94.5 Å². The fourth-order valence-corrected chi connectivity index (χ4v) is 3.75. The Kier molecular flexibility index (Phi) is 14.3. The van der Waals surface area contributed by atoms with Crippen molar-refractivity contribution in [3.05, 3.63) is 71.3 Å². The van der Waals surface area contributed by atoms with Crippen molar-refractivity contribution in [3.8, 4) is 28.3 Å². The maximum Gasteiger partial charge on any atom is 0.0641 e. The van der Waals surface area contributed by atoms with E-state index in [-0.39, 0.29) is 0 Å². The molecule has 0 aliphatic rings. The van der Waals surface area contributed by atoms with Crippen LogP contribution < -0.4 is 0 Å². The third-order valence-corrected chi connectivity index (χ3v) is 5.73. The van der Waals surface area contributed by atoms with Crippen molar-refractivity contribution >= 4 is 0 Å². The van der Waals surface area contributed by atoms with Crippen LogP contribution in [0.1, 0.15) is 88.8 Å². The summed E-state index contributed by atoms with van der Waals surface area (Å²) in [5.41, 5.74) is 9.90. The number of rotatable bonds is 6. The Bertz CT molecular complexity index is 1260. The predicted octanol–water partition coefficient (Wildman–Crippen LogP) is 8.13. The van der Waals surface area contributed by atoms with Crippen LogP contribution in [0.5, 0.6) is 0 Å². The topological polar surface area (TPSA) is 96.1 Å². The molecule has 4 aromatic heterocycles. The fourth-order valence-electron chi connectivity index (χ4n) is 3.75. The van der Waals surface area contributed by atoms with Crippen molar-refractivity contribution in [3.63, 3.8) is 0 Å². The van der Waals surface area contributed by atoms with Crippen molar-refractivity contribution in [1.82, 2.24) is 29.9 Å². The highest BCUT2D eigenvalue weighted by atomic mass is 15.3. The Morgan fingerprint density at radius 3 is 2.03 bits per heavy atom. The van der Waals surface area contributed by atoms with E-state index in [1.807, 2.05) is 78.7 Å². The summed E-state index contributed by atoms with van der Waals surface area (Å²) < 4.78 is 1.82. The number of aryl methyl sites for hydroxylation is 5. The van der Waals surface area contributed by atoms with E-state index in [0.717, 1.165) is 51.6 Å². The highest BCUT2D eigenvalue weighted by molar-refractivity contribution is 5.65. The van der Waals surface area contributed by atoms with E-state index < -0.39 is 0 Å². The summed E-state index contributed by atoms with van der Waals surface area (Å²) in [6, 6.07) is 10.5. The normalized spacial score (nSPS) is 10.6. The number of hydrogen-bond donors (Lipinski definition) is 1. The Morgan fingerprint density at radius 1 is 0.868 bits per heavy atom. The van der Waals surface area contributed by atoms with Crippen LogP contribution in [0.3, 0.4) is 0 Å². The van der Waals surface area contributed by atoms with Gasteiger partial charge in [-0.1, -0.05) is 41.5 Å². The summed E-state index contributed by atoms with van der Waals surface area (Å²) in [7, 11) is 0. The monoisotopic (exact) mass is 515 g/mol. The molecule has 0 aromatic carbocycles. The van der Waals surface area contributed by atoms with Crippen LogP contribution in [0.4, 0.5) is 0 Å². The SMILES string of the molecule is CC.CC.CCC(C)c1cc(-c2cnn(CCC#N)c2)cc(C)n1.Cc1cc(-c2cn[nH]c2C)cc(C)n1. The third kappa shape index (κ3) is 9.59. The van der Waals surface area contributed by atoms with Crippen molar-refractivity contribution < 1.29 is 0 Å². The van der Waals surface area contributed by atoms with Gasteiger partial charge in [-0.15, -0.1) is 0 Å². The van der Waals surface area contributed by atoms with Gasteiger partial charge >= 0.3 is 0 Å². The average Bonchev–Trinajstić information content (AvgIpc) is 3.58. The quantitative estimate of drug-likeness (QED) is 0.279. The molecule has 4 heterocycles. The summed E-state index contributed by atoms with van der Waals surface area (Å²) >= 11 is 0. The lowest BCUT2D eigenvalue weighted by Crippen LogP contribution is -1.98. The summed E-state index contributed by atoms with van der Waals surface area (Å²) in [6.45, 7) is 21.1. The van der Waals surface area contributed by atoms with Crippen molar-refractivity contribution in [2.75, 3.05) is 0 Å². The molecule has 4 rings (SSSR count). The van der Waals surface area contributed by atoms with Gasteiger partial charge in [-0.25, -0.2) is 0 Å². The molecule has 1 N–H and O–H groups in total. The van der Waals surface area contributed by atoms with Gasteiger partial charge < -0.3 is 0 Å². The standard InChI is InChI=1S/C16H20N4.C11H13N3.2C2H6/c1-4-12(2)16-9-14(8-13(3)19-16)15-10-18-20(11-15)7-5-6-17;1-7-4-10(5-8(2)13-7)11-6-12-14-9(11)3;2*1-2/h8-12H,4-5,7H2,1-3H3;4-6H,1-3H3,(H,12,14);2*1-2H3. The molecule has 0 saturated carbocycles. The lowest BCUT2D eigenvalue weighted by Gasteiger charge is -2.10. The Labute approximate surface area is 229 Å². The molecule has 7 nitrogen and oxygen atoms in total. The van der Waals surface area contributed by atoms with Crippen LogP contribution >= 0.6 is 0 Å². The molecule has 0 radical (unpaired) electrons. The second-order valence-electron chi connectivity index (χ2n) is 8.68. The van der Waals surface area contributed by atoms with Gasteiger partial charge in [-0.3, -0.25) is 19.7 Å². The molecule has 0 spiro atoms. The van der Waals surface area contributed by atoms with Gasteiger partial charge in [0.1, 0.15) is 0 Å².